The van der Waals surface area contributed by atoms with Crippen LogP contribution in [0.25, 0.3) is 0 Å². The summed E-state index contributed by atoms with van der Waals surface area (Å²) < 4.78 is 26.9. The quantitative estimate of drug-likeness (QED) is 0.882. The van der Waals surface area contributed by atoms with E-state index < -0.39 is 10.0 Å². The smallest absolute Gasteiger partial charge is 0.240 e. The topological polar surface area (TPSA) is 59.1 Å². The fourth-order valence-corrected chi connectivity index (χ4v) is 3.72. The van der Waals surface area contributed by atoms with E-state index in [4.69, 9.17) is 11.6 Å². The standard InChI is InChI=1S/C14H13ClN2O2S/c15-14-8-12(5-6-16-14)20(18,19)17-9-11-7-10-3-1-2-4-13(10)11/h1-6,8,11,17H,7,9H2. The van der Waals surface area contributed by atoms with Gasteiger partial charge in [-0.1, -0.05) is 35.9 Å². The molecule has 1 aromatic carbocycles. The maximum atomic E-state index is 12.1. The molecule has 1 aromatic heterocycles. The van der Waals surface area contributed by atoms with Crippen molar-refractivity contribution in [2.45, 2.75) is 17.2 Å². The fraction of sp³-hybridized carbons (Fsp3) is 0.214. The van der Waals surface area contributed by atoms with E-state index in [1.54, 1.807) is 0 Å². The van der Waals surface area contributed by atoms with Crippen LogP contribution in [0.3, 0.4) is 0 Å². The second-order valence-electron chi connectivity index (χ2n) is 4.77. The van der Waals surface area contributed by atoms with E-state index >= 15 is 0 Å². The minimum atomic E-state index is -3.53. The summed E-state index contributed by atoms with van der Waals surface area (Å²) in [6.45, 7) is 0.402. The third kappa shape index (κ3) is 2.57. The molecule has 1 N–H and O–H groups in total. The van der Waals surface area contributed by atoms with Crippen LogP contribution in [0.5, 0.6) is 0 Å². The predicted molar refractivity (Wildman–Crippen MR) is 77.3 cm³/mol. The van der Waals surface area contributed by atoms with Gasteiger partial charge in [-0.3, -0.25) is 0 Å². The minimum absolute atomic E-state index is 0.144. The van der Waals surface area contributed by atoms with Gasteiger partial charge in [0.25, 0.3) is 0 Å². The van der Waals surface area contributed by atoms with E-state index in [1.165, 1.54) is 29.5 Å². The largest absolute Gasteiger partial charge is 0.244 e. The van der Waals surface area contributed by atoms with E-state index in [0.29, 0.717) is 6.54 Å². The highest BCUT2D eigenvalue weighted by Crippen LogP contribution is 2.34. The molecule has 20 heavy (non-hydrogen) atoms. The van der Waals surface area contributed by atoms with Crippen molar-refractivity contribution in [3.63, 3.8) is 0 Å². The van der Waals surface area contributed by atoms with Gasteiger partial charge in [-0.05, 0) is 29.7 Å². The number of rotatable bonds is 4. The molecule has 0 radical (unpaired) electrons. The number of halogens is 1. The van der Waals surface area contributed by atoms with Gasteiger partial charge < -0.3 is 0 Å². The van der Waals surface area contributed by atoms with Crippen molar-refractivity contribution >= 4 is 21.6 Å². The summed E-state index contributed by atoms with van der Waals surface area (Å²) >= 11 is 5.72. The molecule has 0 saturated heterocycles. The summed E-state index contributed by atoms with van der Waals surface area (Å²) in [5.41, 5.74) is 2.52. The maximum absolute atomic E-state index is 12.1. The lowest BCUT2D eigenvalue weighted by Crippen LogP contribution is -2.33. The van der Waals surface area contributed by atoms with E-state index in [2.05, 4.69) is 15.8 Å². The first-order chi connectivity index (χ1) is 9.56. The molecule has 4 nitrogen and oxygen atoms in total. The zero-order valence-corrected chi connectivity index (χ0v) is 12.2. The molecule has 0 amide bonds. The zero-order valence-electron chi connectivity index (χ0n) is 10.6. The number of hydrogen-bond acceptors (Lipinski definition) is 3. The monoisotopic (exact) mass is 308 g/mol. The van der Waals surface area contributed by atoms with Gasteiger partial charge in [-0.25, -0.2) is 18.1 Å². The first-order valence-corrected chi connectivity index (χ1v) is 8.11. The van der Waals surface area contributed by atoms with Gasteiger partial charge >= 0.3 is 0 Å². The van der Waals surface area contributed by atoms with Crippen LogP contribution in [0.15, 0.2) is 47.5 Å². The predicted octanol–water partition coefficient (Wildman–Crippen LogP) is 2.35. The highest BCUT2D eigenvalue weighted by Gasteiger charge is 2.27. The summed E-state index contributed by atoms with van der Waals surface area (Å²) in [6.07, 6.45) is 2.30. The number of hydrogen-bond donors (Lipinski definition) is 1. The van der Waals surface area contributed by atoms with Gasteiger partial charge in [0.1, 0.15) is 5.15 Å². The number of benzene rings is 1. The van der Waals surface area contributed by atoms with Crippen LogP contribution in [0.4, 0.5) is 0 Å². The van der Waals surface area contributed by atoms with Crippen molar-refractivity contribution in [1.82, 2.24) is 9.71 Å². The molecule has 0 fully saturated rings. The van der Waals surface area contributed by atoms with Crippen molar-refractivity contribution < 1.29 is 8.42 Å². The summed E-state index contributed by atoms with van der Waals surface area (Å²) in [4.78, 5) is 3.92. The number of fused-ring (bicyclic) bond motifs is 1. The van der Waals surface area contributed by atoms with Crippen LogP contribution in [0.1, 0.15) is 17.0 Å². The molecular formula is C14H13ClN2O2S. The Morgan fingerprint density at radius 2 is 2.10 bits per heavy atom. The molecule has 1 aliphatic carbocycles. The Bertz CT molecular complexity index is 746. The van der Waals surface area contributed by atoms with Gasteiger partial charge in [0.05, 0.1) is 4.90 Å². The number of nitrogens with one attached hydrogen (secondary N) is 1. The molecule has 0 aliphatic heterocycles. The number of nitrogens with zero attached hydrogens (tertiary/aromatic N) is 1. The second kappa shape index (κ2) is 5.16. The maximum Gasteiger partial charge on any atom is 0.240 e. The summed E-state index contributed by atoms with van der Waals surface area (Å²) in [5.74, 6) is 0.248. The van der Waals surface area contributed by atoms with Gasteiger partial charge in [0.2, 0.25) is 10.0 Å². The van der Waals surface area contributed by atoms with E-state index in [9.17, 15) is 8.42 Å². The zero-order chi connectivity index (χ0) is 14.2. The molecule has 1 unspecified atom stereocenters. The molecule has 6 heteroatoms. The Hall–Kier alpha value is -1.43. The normalized spacial score (nSPS) is 17.4. The van der Waals surface area contributed by atoms with Crippen LogP contribution in [-0.2, 0) is 16.4 Å². The first-order valence-electron chi connectivity index (χ1n) is 6.25. The van der Waals surface area contributed by atoms with Gasteiger partial charge in [0.15, 0.2) is 0 Å². The van der Waals surface area contributed by atoms with E-state index in [1.807, 2.05) is 18.2 Å². The van der Waals surface area contributed by atoms with E-state index in [0.717, 1.165) is 6.42 Å². The number of pyridine rings is 1. The summed E-state index contributed by atoms with van der Waals surface area (Å²) in [7, 11) is -3.53. The lowest BCUT2D eigenvalue weighted by Gasteiger charge is -2.30. The SMILES string of the molecule is O=S(=O)(NCC1Cc2ccccc21)c1ccnc(Cl)c1. The molecule has 1 atom stereocenters. The van der Waals surface area contributed by atoms with Crippen LogP contribution in [0.2, 0.25) is 5.15 Å². The molecule has 2 aromatic rings. The minimum Gasteiger partial charge on any atom is -0.244 e. The Morgan fingerprint density at radius 3 is 2.85 bits per heavy atom. The Labute approximate surface area is 122 Å². The molecule has 0 spiro atoms. The molecule has 0 saturated carbocycles. The van der Waals surface area contributed by atoms with Crippen LogP contribution >= 0.6 is 11.6 Å². The van der Waals surface area contributed by atoms with E-state index in [-0.39, 0.29) is 16.0 Å². The van der Waals surface area contributed by atoms with Crippen LogP contribution in [-0.4, -0.2) is 19.9 Å². The second-order valence-corrected chi connectivity index (χ2v) is 6.92. The number of sulfonamides is 1. The molecule has 1 aliphatic rings. The average molecular weight is 309 g/mol. The molecular weight excluding hydrogens is 296 g/mol. The number of aromatic nitrogens is 1. The van der Waals surface area contributed by atoms with Gasteiger partial charge in [-0.15, -0.1) is 0 Å². The highest BCUT2D eigenvalue weighted by atomic mass is 35.5. The fourth-order valence-electron chi connectivity index (χ4n) is 2.39. The molecule has 1 heterocycles. The molecule has 0 bridgehead atoms. The van der Waals surface area contributed by atoms with Crippen molar-refractivity contribution in [1.29, 1.82) is 0 Å². The lowest BCUT2D eigenvalue weighted by molar-refractivity contribution is 0.552. The van der Waals surface area contributed by atoms with Crippen molar-refractivity contribution in [2.75, 3.05) is 6.54 Å². The first kappa shape index (κ1) is 13.5. The third-order valence-corrected chi connectivity index (χ3v) is 5.12. The van der Waals surface area contributed by atoms with Crippen LogP contribution < -0.4 is 4.72 Å². The highest BCUT2D eigenvalue weighted by molar-refractivity contribution is 7.89. The van der Waals surface area contributed by atoms with Gasteiger partial charge in [0, 0.05) is 18.7 Å². The summed E-state index contributed by atoms with van der Waals surface area (Å²) in [5, 5.41) is 0.168. The average Bonchev–Trinajstić information content (AvgIpc) is 2.40. The Morgan fingerprint density at radius 1 is 1.30 bits per heavy atom. The van der Waals surface area contributed by atoms with Crippen molar-refractivity contribution in [3.8, 4) is 0 Å². The van der Waals surface area contributed by atoms with Crippen LogP contribution in [0, 0.1) is 0 Å². The van der Waals surface area contributed by atoms with Gasteiger partial charge in [-0.2, -0.15) is 0 Å². The Kier molecular flexibility index (Phi) is 3.50. The Balaban J connectivity index is 1.70. The molecule has 3 rings (SSSR count). The summed E-state index contributed by atoms with van der Waals surface area (Å²) in [6, 6.07) is 10.9. The lowest BCUT2D eigenvalue weighted by atomic mass is 9.78. The molecule has 104 valence electrons. The third-order valence-electron chi connectivity index (χ3n) is 3.49. The van der Waals surface area contributed by atoms with Crippen molar-refractivity contribution in [2.24, 2.45) is 0 Å². The van der Waals surface area contributed by atoms with Crippen molar-refractivity contribution in [3.05, 3.63) is 58.9 Å².